The lowest BCUT2D eigenvalue weighted by Gasteiger charge is -2.36. The fourth-order valence-corrected chi connectivity index (χ4v) is 7.07. The zero-order chi connectivity index (χ0) is 39.6. The second-order valence-electron chi connectivity index (χ2n) is 13.7. The molecule has 1 heterocycles. The van der Waals surface area contributed by atoms with Crippen LogP contribution in [0.2, 0.25) is 0 Å². The minimum absolute atomic E-state index is 0.0579. The molecule has 0 fully saturated rings. The monoisotopic (exact) mass is 763 g/mol. The van der Waals surface area contributed by atoms with Gasteiger partial charge in [0.15, 0.2) is 0 Å². The summed E-state index contributed by atoms with van der Waals surface area (Å²) in [4.78, 5) is 22.4. The van der Waals surface area contributed by atoms with E-state index in [9.17, 15) is 14.7 Å². The van der Waals surface area contributed by atoms with Gasteiger partial charge in [0.05, 0.1) is 40.5 Å². The van der Waals surface area contributed by atoms with Gasteiger partial charge >= 0.3 is 5.97 Å². The van der Waals surface area contributed by atoms with Gasteiger partial charge in [0, 0.05) is 11.5 Å². The van der Waals surface area contributed by atoms with Crippen molar-refractivity contribution in [3.63, 3.8) is 0 Å². The zero-order valence-corrected chi connectivity index (χ0v) is 31.9. The average Bonchev–Trinajstić information content (AvgIpc) is 3.26. The number of carbonyl (C=O) groups is 2. The van der Waals surface area contributed by atoms with Crippen molar-refractivity contribution in [2.24, 2.45) is 0 Å². The first kappa shape index (κ1) is 38.8. The number of carboxylic acid groups (broad SMARTS) is 1. The van der Waals surface area contributed by atoms with Crippen LogP contribution in [0.15, 0.2) is 140 Å². The van der Waals surface area contributed by atoms with E-state index in [1.807, 2.05) is 66.7 Å². The second kappa shape index (κ2) is 18.0. The second-order valence-corrected chi connectivity index (χ2v) is 13.7. The molecule has 0 amide bonds. The molecule has 0 aliphatic carbocycles. The van der Waals surface area contributed by atoms with Crippen molar-refractivity contribution in [3.05, 3.63) is 184 Å². The largest absolute Gasteiger partial charge is 0.550 e. The quantitative estimate of drug-likeness (QED) is 0.0673. The van der Waals surface area contributed by atoms with E-state index in [0.29, 0.717) is 26.4 Å². The number of benzene rings is 6. The van der Waals surface area contributed by atoms with Crippen LogP contribution in [0.5, 0.6) is 17.2 Å². The molecule has 0 radical (unpaired) electrons. The SMILES string of the molecule is COc1ccc(C(OCc2ccc3c(c2)OCc2cc(COCc4cccc(COC(=O)CCC(=O)[O-])c4)ccc2-3)(c2ccccc2)c2ccc(OC)cc2)cc1. The Kier molecular flexibility index (Phi) is 12.3. The number of hydrogen-bond acceptors (Lipinski definition) is 9. The van der Waals surface area contributed by atoms with Crippen LogP contribution in [-0.4, -0.2) is 26.2 Å². The third-order valence-electron chi connectivity index (χ3n) is 9.98. The summed E-state index contributed by atoms with van der Waals surface area (Å²) in [7, 11) is 3.32. The van der Waals surface area contributed by atoms with Crippen LogP contribution >= 0.6 is 0 Å². The summed E-state index contributed by atoms with van der Waals surface area (Å²) in [5.74, 6) is 0.469. The van der Waals surface area contributed by atoms with Crippen LogP contribution in [0, 0.1) is 0 Å². The van der Waals surface area contributed by atoms with Gasteiger partial charge in [0.2, 0.25) is 0 Å². The van der Waals surface area contributed by atoms with Crippen LogP contribution in [-0.2, 0) is 62.4 Å². The molecule has 6 aromatic carbocycles. The van der Waals surface area contributed by atoms with Gasteiger partial charge in [-0.1, -0.05) is 103 Å². The van der Waals surface area contributed by atoms with Gasteiger partial charge in [-0.3, -0.25) is 4.79 Å². The van der Waals surface area contributed by atoms with Crippen molar-refractivity contribution in [2.45, 2.75) is 51.5 Å². The standard InChI is InChI=1S/C48H44O9/c1-52-41-17-13-39(14-18-41)48(38-9-4-3-5-10-38,40-15-19-42(53-2)20-16-40)57-31-36-12-22-44-43-21-11-35(26-37(43)32-55-45(44)27-36)29-54-28-33-7-6-8-34(25-33)30-56-47(51)24-23-46(49)50/h3-22,25-27H,23-24,28-32H2,1-2H3,(H,49,50)/p-1. The van der Waals surface area contributed by atoms with E-state index in [1.165, 1.54) is 0 Å². The molecule has 0 saturated heterocycles. The Morgan fingerprint density at radius 2 is 1.18 bits per heavy atom. The number of aliphatic carboxylic acids is 1. The summed E-state index contributed by atoms with van der Waals surface area (Å²) in [6, 6.07) is 46.4. The highest BCUT2D eigenvalue weighted by Crippen LogP contribution is 2.43. The van der Waals surface area contributed by atoms with Gasteiger partial charge in [-0.2, -0.15) is 0 Å². The summed E-state index contributed by atoms with van der Waals surface area (Å²) in [6.07, 6.45) is -0.577. The summed E-state index contributed by atoms with van der Waals surface area (Å²) < 4.78 is 35.7. The number of carboxylic acids is 1. The molecule has 7 rings (SSSR count). The fraction of sp³-hybridized carbons (Fsp3) is 0.208. The molecule has 1 aliphatic rings. The highest BCUT2D eigenvalue weighted by Gasteiger charge is 2.38. The minimum Gasteiger partial charge on any atom is -0.550 e. The first-order chi connectivity index (χ1) is 27.8. The molecule has 1 aliphatic heterocycles. The third kappa shape index (κ3) is 9.18. The predicted octanol–water partition coefficient (Wildman–Crippen LogP) is 8.06. The first-order valence-electron chi connectivity index (χ1n) is 18.7. The molecule has 9 nitrogen and oxygen atoms in total. The minimum atomic E-state index is -1.28. The molecule has 0 bridgehead atoms. The Balaban J connectivity index is 1.05. The average molecular weight is 764 g/mol. The lowest BCUT2D eigenvalue weighted by molar-refractivity contribution is -0.305. The topological polar surface area (TPSA) is 113 Å². The molecule has 0 atom stereocenters. The molecule has 0 aromatic heterocycles. The van der Waals surface area contributed by atoms with Gasteiger partial charge in [0.1, 0.15) is 36.1 Å². The van der Waals surface area contributed by atoms with E-state index in [-0.39, 0.29) is 19.4 Å². The molecular formula is C48H43O9-. The van der Waals surface area contributed by atoms with Crippen LogP contribution < -0.4 is 19.3 Å². The Morgan fingerprint density at radius 3 is 1.81 bits per heavy atom. The van der Waals surface area contributed by atoms with Crippen LogP contribution in [0.4, 0.5) is 0 Å². The van der Waals surface area contributed by atoms with Crippen LogP contribution in [0.3, 0.4) is 0 Å². The number of ether oxygens (including phenoxy) is 6. The molecule has 6 aromatic rings. The van der Waals surface area contributed by atoms with E-state index in [0.717, 1.165) is 72.9 Å². The van der Waals surface area contributed by atoms with E-state index in [1.54, 1.807) is 14.2 Å². The summed E-state index contributed by atoms with van der Waals surface area (Å²) in [5, 5.41) is 10.6. The van der Waals surface area contributed by atoms with Crippen LogP contribution in [0.25, 0.3) is 11.1 Å². The van der Waals surface area contributed by atoms with E-state index < -0.39 is 17.5 Å². The lowest BCUT2D eigenvalue weighted by Crippen LogP contribution is -2.32. The van der Waals surface area contributed by atoms with Crippen LogP contribution in [0.1, 0.15) is 57.3 Å². The van der Waals surface area contributed by atoms with Gasteiger partial charge in [0.25, 0.3) is 0 Å². The Bertz CT molecular complexity index is 2250. The van der Waals surface area contributed by atoms with Crippen molar-refractivity contribution in [1.82, 2.24) is 0 Å². The smallest absolute Gasteiger partial charge is 0.306 e. The molecule has 290 valence electrons. The highest BCUT2D eigenvalue weighted by molar-refractivity contribution is 5.76. The maximum atomic E-state index is 11.8. The molecule has 0 unspecified atom stereocenters. The van der Waals surface area contributed by atoms with Gasteiger partial charge in [-0.05, 0) is 92.9 Å². The fourth-order valence-electron chi connectivity index (χ4n) is 7.07. The molecule has 0 N–H and O–H groups in total. The first-order valence-corrected chi connectivity index (χ1v) is 18.7. The Labute approximate surface area is 332 Å². The Hall–Kier alpha value is -6.42. The summed E-state index contributed by atoms with van der Waals surface area (Å²) in [6.45, 7) is 1.57. The predicted molar refractivity (Wildman–Crippen MR) is 212 cm³/mol. The summed E-state index contributed by atoms with van der Waals surface area (Å²) in [5.41, 5.74) is 8.91. The zero-order valence-electron chi connectivity index (χ0n) is 31.9. The number of fused-ring (bicyclic) bond motifs is 3. The van der Waals surface area contributed by atoms with Gasteiger partial charge in [-0.25, -0.2) is 0 Å². The van der Waals surface area contributed by atoms with Crippen molar-refractivity contribution >= 4 is 11.9 Å². The normalized spacial score (nSPS) is 11.8. The van der Waals surface area contributed by atoms with Crippen molar-refractivity contribution in [2.75, 3.05) is 14.2 Å². The molecule has 9 heteroatoms. The number of esters is 1. The number of rotatable bonds is 17. The maximum absolute atomic E-state index is 11.8. The lowest BCUT2D eigenvalue weighted by atomic mass is 9.80. The van der Waals surface area contributed by atoms with E-state index in [2.05, 4.69) is 72.8 Å². The molecule has 57 heavy (non-hydrogen) atoms. The molecular weight excluding hydrogens is 721 g/mol. The highest BCUT2D eigenvalue weighted by atomic mass is 16.5. The van der Waals surface area contributed by atoms with Crippen molar-refractivity contribution in [3.8, 4) is 28.4 Å². The number of methoxy groups -OCH3 is 2. The van der Waals surface area contributed by atoms with E-state index in [4.69, 9.17) is 28.4 Å². The van der Waals surface area contributed by atoms with Crippen molar-refractivity contribution in [1.29, 1.82) is 0 Å². The molecule has 0 spiro atoms. The maximum Gasteiger partial charge on any atom is 0.306 e. The number of carbonyl (C=O) groups excluding carboxylic acids is 2. The van der Waals surface area contributed by atoms with E-state index >= 15 is 0 Å². The third-order valence-corrected chi connectivity index (χ3v) is 9.98. The molecule has 0 saturated carbocycles. The Morgan fingerprint density at radius 1 is 0.596 bits per heavy atom. The van der Waals surface area contributed by atoms with Gasteiger partial charge < -0.3 is 38.3 Å². The van der Waals surface area contributed by atoms with Crippen molar-refractivity contribution < 1.29 is 43.1 Å². The van der Waals surface area contributed by atoms with Gasteiger partial charge in [-0.15, -0.1) is 0 Å². The summed E-state index contributed by atoms with van der Waals surface area (Å²) >= 11 is 0. The number of hydrogen-bond donors (Lipinski definition) is 0.